The second kappa shape index (κ2) is 10.5. The summed E-state index contributed by atoms with van der Waals surface area (Å²) < 4.78 is 4.99. The first-order valence-electron chi connectivity index (χ1n) is 10.2. The van der Waals surface area contributed by atoms with Gasteiger partial charge in [0.2, 0.25) is 0 Å². The molecule has 0 saturated carbocycles. The molecule has 0 spiro atoms. The van der Waals surface area contributed by atoms with Crippen LogP contribution in [0.5, 0.6) is 0 Å². The minimum atomic E-state index is -0.388. The zero-order valence-corrected chi connectivity index (χ0v) is 17.1. The molecule has 4 nitrogen and oxygen atoms in total. The van der Waals surface area contributed by atoms with Crippen LogP contribution < -0.4 is 5.32 Å². The molecule has 2 aromatic carbocycles. The van der Waals surface area contributed by atoms with E-state index >= 15 is 0 Å². The first kappa shape index (κ1) is 20.7. The summed E-state index contributed by atoms with van der Waals surface area (Å²) in [6, 6.07) is 23.1. The number of esters is 1. The Balaban J connectivity index is 1.56. The lowest BCUT2D eigenvalue weighted by atomic mass is 10.0. The second-order valence-corrected chi connectivity index (χ2v) is 7.16. The molecule has 0 radical (unpaired) electrons. The molecular weight excluding hydrogens is 360 g/mol. The predicted molar refractivity (Wildman–Crippen MR) is 117 cm³/mol. The van der Waals surface area contributed by atoms with Gasteiger partial charge in [-0.3, -0.25) is 0 Å². The van der Waals surface area contributed by atoms with Crippen LogP contribution in [-0.4, -0.2) is 23.6 Å². The molecule has 0 saturated heterocycles. The number of aryl methyl sites for hydroxylation is 1. The summed E-state index contributed by atoms with van der Waals surface area (Å²) in [7, 11) is 0. The molecule has 4 heteroatoms. The van der Waals surface area contributed by atoms with E-state index in [1.165, 1.54) is 11.1 Å². The Morgan fingerprint density at radius 2 is 1.79 bits per heavy atom. The first-order chi connectivity index (χ1) is 14.2. The van der Waals surface area contributed by atoms with Crippen molar-refractivity contribution in [3.8, 4) is 11.1 Å². The van der Waals surface area contributed by atoms with Crippen molar-refractivity contribution in [2.45, 2.75) is 39.3 Å². The molecule has 0 aliphatic heterocycles. The van der Waals surface area contributed by atoms with Gasteiger partial charge in [-0.1, -0.05) is 54.6 Å². The van der Waals surface area contributed by atoms with Crippen molar-refractivity contribution in [1.29, 1.82) is 0 Å². The van der Waals surface area contributed by atoms with E-state index in [9.17, 15) is 4.79 Å². The van der Waals surface area contributed by atoms with Crippen molar-refractivity contribution in [2.75, 3.05) is 6.61 Å². The zero-order chi connectivity index (χ0) is 20.5. The smallest absolute Gasteiger partial charge is 0.356 e. The van der Waals surface area contributed by atoms with E-state index in [1.807, 2.05) is 6.07 Å². The van der Waals surface area contributed by atoms with Gasteiger partial charge in [0.1, 0.15) is 5.69 Å². The van der Waals surface area contributed by atoms with Gasteiger partial charge >= 0.3 is 5.97 Å². The molecule has 1 aromatic heterocycles. The molecule has 0 aliphatic rings. The Kier molecular flexibility index (Phi) is 7.54. The van der Waals surface area contributed by atoms with Crippen molar-refractivity contribution < 1.29 is 9.53 Å². The average Bonchev–Trinajstić information content (AvgIpc) is 2.77. The highest BCUT2D eigenvalue weighted by Crippen LogP contribution is 2.20. The van der Waals surface area contributed by atoms with E-state index in [1.54, 1.807) is 19.2 Å². The topological polar surface area (TPSA) is 51.2 Å². The number of pyridine rings is 1. The number of rotatable bonds is 9. The monoisotopic (exact) mass is 388 g/mol. The van der Waals surface area contributed by atoms with Crippen LogP contribution in [0.15, 0.2) is 72.9 Å². The third kappa shape index (κ3) is 6.26. The molecule has 1 atom stereocenters. The number of carbonyl (C=O) groups excluding carboxylic acids is 1. The maximum Gasteiger partial charge on any atom is 0.356 e. The fraction of sp³-hybridized carbons (Fsp3) is 0.280. The number of aromatic nitrogens is 1. The van der Waals surface area contributed by atoms with E-state index in [-0.39, 0.29) is 5.97 Å². The summed E-state index contributed by atoms with van der Waals surface area (Å²) in [5.74, 6) is -0.388. The van der Waals surface area contributed by atoms with Crippen LogP contribution in [0.3, 0.4) is 0 Å². The van der Waals surface area contributed by atoms with E-state index in [0.29, 0.717) is 18.3 Å². The van der Waals surface area contributed by atoms with Gasteiger partial charge in [-0.05, 0) is 55.5 Å². The van der Waals surface area contributed by atoms with Crippen LogP contribution in [-0.2, 0) is 17.7 Å². The van der Waals surface area contributed by atoms with Crippen LogP contribution in [0.1, 0.15) is 41.9 Å². The summed E-state index contributed by atoms with van der Waals surface area (Å²) in [5.41, 5.74) is 5.01. The molecule has 0 bridgehead atoms. The highest BCUT2D eigenvalue weighted by Gasteiger charge is 2.09. The maximum absolute atomic E-state index is 11.7. The highest BCUT2D eigenvalue weighted by atomic mass is 16.5. The lowest BCUT2D eigenvalue weighted by Gasteiger charge is -2.14. The maximum atomic E-state index is 11.7. The number of hydrogen-bond donors (Lipinski definition) is 1. The molecule has 150 valence electrons. The lowest BCUT2D eigenvalue weighted by molar-refractivity contribution is 0.0519. The van der Waals surface area contributed by atoms with Crippen LogP contribution >= 0.6 is 0 Å². The number of carbonyl (C=O) groups is 1. The number of nitrogens with zero attached hydrogens (tertiary/aromatic N) is 1. The Hall–Kier alpha value is -2.98. The fourth-order valence-corrected chi connectivity index (χ4v) is 3.17. The van der Waals surface area contributed by atoms with Crippen LogP contribution in [0, 0.1) is 0 Å². The summed E-state index contributed by atoms with van der Waals surface area (Å²) in [4.78, 5) is 16.0. The first-order valence-corrected chi connectivity index (χ1v) is 10.2. The molecule has 1 N–H and O–H groups in total. The molecule has 1 heterocycles. The summed E-state index contributed by atoms with van der Waals surface area (Å²) in [5, 5.41) is 3.61. The van der Waals surface area contributed by atoms with Gasteiger partial charge in [-0.15, -0.1) is 0 Å². The van der Waals surface area contributed by atoms with Crippen molar-refractivity contribution in [1.82, 2.24) is 10.3 Å². The number of nitrogens with one attached hydrogen (secondary N) is 1. The highest BCUT2D eigenvalue weighted by molar-refractivity contribution is 5.87. The van der Waals surface area contributed by atoms with Crippen molar-refractivity contribution in [3.63, 3.8) is 0 Å². The van der Waals surface area contributed by atoms with Gasteiger partial charge in [0.25, 0.3) is 0 Å². The minimum absolute atomic E-state index is 0.334. The number of hydrogen-bond acceptors (Lipinski definition) is 4. The van der Waals surface area contributed by atoms with Crippen LogP contribution in [0.2, 0.25) is 0 Å². The predicted octanol–water partition coefficient (Wildman–Crippen LogP) is 5.04. The molecule has 29 heavy (non-hydrogen) atoms. The van der Waals surface area contributed by atoms with Gasteiger partial charge in [0.15, 0.2) is 0 Å². The van der Waals surface area contributed by atoms with Crippen molar-refractivity contribution in [2.24, 2.45) is 0 Å². The summed E-state index contributed by atoms with van der Waals surface area (Å²) in [6.45, 7) is 5.18. The molecular formula is C25H28N2O2. The number of benzene rings is 2. The molecule has 3 aromatic rings. The Bertz CT molecular complexity index is 908. The summed E-state index contributed by atoms with van der Waals surface area (Å²) in [6.07, 6.45) is 3.90. The van der Waals surface area contributed by atoms with Gasteiger partial charge in [-0.25, -0.2) is 9.78 Å². The van der Waals surface area contributed by atoms with Crippen LogP contribution in [0.25, 0.3) is 11.1 Å². The number of ether oxygens (including phenoxy) is 1. The van der Waals surface area contributed by atoms with E-state index in [0.717, 1.165) is 30.5 Å². The zero-order valence-electron chi connectivity index (χ0n) is 17.1. The molecule has 0 aliphatic carbocycles. The third-order valence-corrected chi connectivity index (χ3v) is 4.87. The fourth-order valence-electron chi connectivity index (χ4n) is 3.17. The van der Waals surface area contributed by atoms with Crippen LogP contribution in [0.4, 0.5) is 0 Å². The van der Waals surface area contributed by atoms with Crippen molar-refractivity contribution in [3.05, 3.63) is 89.7 Å². The Labute approximate surface area is 173 Å². The Morgan fingerprint density at radius 3 is 2.52 bits per heavy atom. The molecule has 1 unspecified atom stereocenters. The molecule has 0 amide bonds. The van der Waals surface area contributed by atoms with Gasteiger partial charge in [0, 0.05) is 24.3 Å². The van der Waals surface area contributed by atoms with Gasteiger partial charge < -0.3 is 10.1 Å². The van der Waals surface area contributed by atoms with E-state index < -0.39 is 0 Å². The van der Waals surface area contributed by atoms with Gasteiger partial charge in [0.05, 0.1) is 6.61 Å². The normalized spacial score (nSPS) is 11.8. The second-order valence-electron chi connectivity index (χ2n) is 7.16. The third-order valence-electron chi connectivity index (χ3n) is 4.87. The van der Waals surface area contributed by atoms with Gasteiger partial charge in [-0.2, -0.15) is 0 Å². The quantitative estimate of drug-likeness (QED) is 0.522. The minimum Gasteiger partial charge on any atom is -0.461 e. The SMILES string of the molecule is CCOC(=O)c1ccc(-c2cccc(CNC(C)CCc3ccccc3)c2)cn1. The molecule has 0 fully saturated rings. The van der Waals surface area contributed by atoms with E-state index in [4.69, 9.17) is 4.74 Å². The Morgan fingerprint density at radius 1 is 1.00 bits per heavy atom. The van der Waals surface area contributed by atoms with E-state index in [2.05, 4.69) is 71.8 Å². The average molecular weight is 389 g/mol. The molecule has 3 rings (SSSR count). The lowest BCUT2D eigenvalue weighted by Crippen LogP contribution is -2.25. The standard InChI is InChI=1S/C25H28N2O2/c1-3-29-25(28)24-15-14-23(18-27-24)22-11-7-10-21(16-22)17-26-19(2)12-13-20-8-5-4-6-9-20/h4-11,14-16,18-19,26H,3,12-13,17H2,1-2H3. The summed E-state index contributed by atoms with van der Waals surface area (Å²) >= 11 is 0. The largest absolute Gasteiger partial charge is 0.461 e. The van der Waals surface area contributed by atoms with Crippen molar-refractivity contribution >= 4 is 5.97 Å².